The molecule has 2 radical (unpaired) electrons. The van der Waals surface area contributed by atoms with Crippen molar-refractivity contribution in [3.05, 3.63) is 0 Å². The Balaban J connectivity index is 3.15. The Morgan fingerprint density at radius 1 is 1.36 bits per heavy atom. The highest BCUT2D eigenvalue weighted by atomic mass is 16.4. The molecule has 0 atom stereocenters. The lowest BCUT2D eigenvalue weighted by Gasteiger charge is -1.87. The third-order valence-corrected chi connectivity index (χ3v) is 1.09. The predicted octanol–water partition coefficient (Wildman–Crippen LogP) is 1.22. The summed E-state index contributed by atoms with van der Waals surface area (Å²) >= 11 is 0. The maximum Gasteiger partial charge on any atom is 0.303 e. The summed E-state index contributed by atoms with van der Waals surface area (Å²) < 4.78 is 0. The summed E-state index contributed by atoms with van der Waals surface area (Å²) in [4.78, 5) is 10.0. The van der Waals surface area contributed by atoms with Crippen LogP contribution in [0.1, 0.15) is 25.7 Å². The van der Waals surface area contributed by atoms with Crippen LogP contribution in [0.4, 0.5) is 0 Å². The van der Waals surface area contributed by atoms with Crippen LogP contribution < -0.4 is 0 Å². The molecule has 1 N–H and O–H groups in total. The number of hydrogen-bond acceptors (Lipinski definition) is 1. The monoisotopic (exact) mass is 150 g/mol. The SMILES string of the molecule is [B]CCC#CCCCC(=O)O. The minimum Gasteiger partial charge on any atom is -0.481 e. The molecule has 0 saturated heterocycles. The summed E-state index contributed by atoms with van der Waals surface area (Å²) in [5, 5.41) is 8.25. The largest absolute Gasteiger partial charge is 0.481 e. The van der Waals surface area contributed by atoms with Gasteiger partial charge in [0.2, 0.25) is 0 Å². The Bertz CT molecular complexity index is 167. The fraction of sp³-hybridized carbons (Fsp3) is 0.625. The highest BCUT2D eigenvalue weighted by Crippen LogP contribution is 1.93. The maximum atomic E-state index is 10.0. The Labute approximate surface area is 68.4 Å². The van der Waals surface area contributed by atoms with E-state index in [4.69, 9.17) is 13.0 Å². The molecule has 0 aliphatic rings. The molecule has 2 nitrogen and oxygen atoms in total. The van der Waals surface area contributed by atoms with E-state index in [1.54, 1.807) is 0 Å². The summed E-state index contributed by atoms with van der Waals surface area (Å²) in [5.74, 6) is 4.93. The number of unbranched alkanes of at least 4 members (excludes halogenated alkanes) is 1. The van der Waals surface area contributed by atoms with Crippen LogP contribution in [-0.4, -0.2) is 18.9 Å². The number of carboxylic acids is 1. The molecular weight excluding hydrogens is 139 g/mol. The van der Waals surface area contributed by atoms with E-state index in [0.717, 1.165) is 0 Å². The van der Waals surface area contributed by atoms with Gasteiger partial charge in [-0.05, 0) is 6.42 Å². The van der Waals surface area contributed by atoms with Crippen LogP contribution in [0.15, 0.2) is 0 Å². The summed E-state index contributed by atoms with van der Waals surface area (Å²) in [6, 6.07) is 0. The molecule has 0 bridgehead atoms. The molecule has 0 aromatic heterocycles. The molecule has 3 heteroatoms. The lowest BCUT2D eigenvalue weighted by atomic mass is 10.0. The van der Waals surface area contributed by atoms with Crippen molar-refractivity contribution in [3.63, 3.8) is 0 Å². The van der Waals surface area contributed by atoms with Crippen molar-refractivity contribution in [1.82, 2.24) is 0 Å². The molecule has 0 aromatic rings. The molecule has 0 amide bonds. The third kappa shape index (κ3) is 9.09. The summed E-state index contributed by atoms with van der Waals surface area (Å²) in [5.41, 5.74) is 0. The molecule has 0 aliphatic heterocycles. The molecule has 0 spiro atoms. The quantitative estimate of drug-likeness (QED) is 0.371. The van der Waals surface area contributed by atoms with Gasteiger partial charge in [-0.25, -0.2) is 0 Å². The van der Waals surface area contributed by atoms with Crippen molar-refractivity contribution in [3.8, 4) is 11.8 Å². The fourth-order valence-electron chi connectivity index (χ4n) is 0.577. The van der Waals surface area contributed by atoms with Gasteiger partial charge in [-0.1, -0.05) is 6.32 Å². The van der Waals surface area contributed by atoms with Gasteiger partial charge in [-0.3, -0.25) is 4.79 Å². The van der Waals surface area contributed by atoms with E-state index < -0.39 is 5.97 Å². The first-order valence-corrected chi connectivity index (χ1v) is 3.65. The van der Waals surface area contributed by atoms with Gasteiger partial charge in [-0.2, -0.15) is 0 Å². The van der Waals surface area contributed by atoms with Gasteiger partial charge in [0, 0.05) is 19.3 Å². The molecule has 0 saturated carbocycles. The van der Waals surface area contributed by atoms with Gasteiger partial charge in [0.15, 0.2) is 0 Å². The van der Waals surface area contributed by atoms with Crippen LogP contribution >= 0.6 is 0 Å². The summed E-state index contributed by atoms with van der Waals surface area (Å²) in [6.45, 7) is 0. The van der Waals surface area contributed by atoms with Gasteiger partial charge < -0.3 is 5.11 Å². The number of carboxylic acid groups (broad SMARTS) is 1. The van der Waals surface area contributed by atoms with Crippen molar-refractivity contribution in [2.24, 2.45) is 0 Å². The summed E-state index contributed by atoms with van der Waals surface area (Å²) in [6.07, 6.45) is 2.77. The van der Waals surface area contributed by atoms with Crippen molar-refractivity contribution >= 4 is 13.8 Å². The molecule has 0 fully saturated rings. The molecule has 0 heterocycles. The Kier molecular flexibility index (Phi) is 6.61. The number of rotatable bonds is 4. The fourth-order valence-corrected chi connectivity index (χ4v) is 0.577. The van der Waals surface area contributed by atoms with Crippen molar-refractivity contribution in [2.45, 2.75) is 32.0 Å². The first kappa shape index (κ1) is 10.1. The highest BCUT2D eigenvalue weighted by Gasteiger charge is 1.92. The lowest BCUT2D eigenvalue weighted by Crippen LogP contribution is -1.92. The van der Waals surface area contributed by atoms with E-state index in [-0.39, 0.29) is 6.42 Å². The van der Waals surface area contributed by atoms with Crippen molar-refractivity contribution < 1.29 is 9.90 Å². The van der Waals surface area contributed by atoms with Gasteiger partial charge in [0.1, 0.15) is 0 Å². The smallest absolute Gasteiger partial charge is 0.303 e. The molecule has 11 heavy (non-hydrogen) atoms. The summed E-state index contributed by atoms with van der Waals surface area (Å²) in [7, 11) is 5.19. The molecule has 58 valence electrons. The Morgan fingerprint density at radius 3 is 2.55 bits per heavy atom. The van der Waals surface area contributed by atoms with E-state index in [9.17, 15) is 4.79 Å². The number of aliphatic carboxylic acids is 1. The third-order valence-electron chi connectivity index (χ3n) is 1.09. The van der Waals surface area contributed by atoms with E-state index in [1.807, 2.05) is 0 Å². The zero-order valence-electron chi connectivity index (χ0n) is 6.47. The van der Waals surface area contributed by atoms with Gasteiger partial charge in [0.25, 0.3) is 0 Å². The minimum absolute atomic E-state index is 0.206. The van der Waals surface area contributed by atoms with Crippen molar-refractivity contribution in [1.29, 1.82) is 0 Å². The second-order valence-corrected chi connectivity index (χ2v) is 2.14. The van der Waals surface area contributed by atoms with Crippen molar-refractivity contribution in [2.75, 3.05) is 0 Å². The van der Waals surface area contributed by atoms with E-state index in [0.29, 0.717) is 25.6 Å². The first-order chi connectivity index (χ1) is 5.27. The molecule has 0 aromatic carbocycles. The predicted molar refractivity (Wildman–Crippen MR) is 44.4 cm³/mol. The van der Waals surface area contributed by atoms with Gasteiger partial charge in [0.05, 0.1) is 7.85 Å². The average Bonchev–Trinajstić information content (AvgIpc) is 1.96. The zero-order chi connectivity index (χ0) is 8.53. The highest BCUT2D eigenvalue weighted by molar-refractivity contribution is 6.08. The standard InChI is InChI=1S/C8H11BO2/c9-7-5-3-1-2-4-6-8(10)11/h2,4-7H2,(H,10,11). The Hall–Kier alpha value is -0.905. The molecular formula is C8H11BO2. The maximum absolute atomic E-state index is 10.0. The second kappa shape index (κ2) is 7.20. The lowest BCUT2D eigenvalue weighted by molar-refractivity contribution is -0.137. The van der Waals surface area contributed by atoms with Crippen LogP contribution in [0.3, 0.4) is 0 Å². The minimum atomic E-state index is -0.759. The average molecular weight is 150 g/mol. The van der Waals surface area contributed by atoms with Crippen LogP contribution in [0.5, 0.6) is 0 Å². The molecule has 0 aliphatic carbocycles. The van der Waals surface area contributed by atoms with E-state index in [2.05, 4.69) is 11.8 Å². The normalized spacial score (nSPS) is 8.36. The molecule has 0 unspecified atom stereocenters. The first-order valence-electron chi connectivity index (χ1n) is 3.65. The van der Waals surface area contributed by atoms with E-state index >= 15 is 0 Å². The van der Waals surface area contributed by atoms with Gasteiger partial charge >= 0.3 is 5.97 Å². The van der Waals surface area contributed by atoms with Crippen LogP contribution in [0.2, 0.25) is 6.32 Å². The molecule has 0 rings (SSSR count). The van der Waals surface area contributed by atoms with Crippen LogP contribution in [-0.2, 0) is 4.79 Å². The van der Waals surface area contributed by atoms with Crippen LogP contribution in [0.25, 0.3) is 0 Å². The number of hydrogen-bond donors (Lipinski definition) is 1. The van der Waals surface area contributed by atoms with Crippen LogP contribution in [0, 0.1) is 11.8 Å². The second-order valence-electron chi connectivity index (χ2n) is 2.14. The topological polar surface area (TPSA) is 37.3 Å². The zero-order valence-corrected chi connectivity index (χ0v) is 6.47. The van der Waals surface area contributed by atoms with Gasteiger partial charge in [-0.15, -0.1) is 11.8 Å². The Morgan fingerprint density at radius 2 is 2.00 bits per heavy atom. The van der Waals surface area contributed by atoms with E-state index in [1.165, 1.54) is 0 Å². The number of carbonyl (C=O) groups is 1.